The van der Waals surface area contributed by atoms with Gasteiger partial charge in [0.2, 0.25) is 0 Å². The van der Waals surface area contributed by atoms with Crippen molar-refractivity contribution in [3.63, 3.8) is 0 Å². The molecule has 0 saturated carbocycles. The normalized spacial score (nSPS) is 12.1. The first-order valence-electron chi connectivity index (χ1n) is 3.88. The number of aromatic nitrogens is 3. The first-order chi connectivity index (χ1) is 5.76. The van der Waals surface area contributed by atoms with E-state index < -0.39 is 0 Å². The molecule has 0 aliphatic carbocycles. The molecule has 1 heterocycles. The number of alkyl halides is 1. The van der Waals surface area contributed by atoms with Gasteiger partial charge in [0.15, 0.2) is 0 Å². The molecule has 0 spiro atoms. The maximum absolute atomic E-state index is 5.70. The number of aryl methyl sites for hydroxylation is 1. The number of halogens is 1. The molecule has 66 valence electrons. The lowest BCUT2D eigenvalue weighted by Crippen LogP contribution is -1.91. The van der Waals surface area contributed by atoms with Crippen LogP contribution in [0.2, 0.25) is 0 Å². The van der Waals surface area contributed by atoms with E-state index in [-0.39, 0.29) is 0 Å². The second-order valence-corrected chi connectivity index (χ2v) is 2.82. The third-order valence-electron chi connectivity index (χ3n) is 1.60. The molecule has 3 nitrogen and oxygen atoms in total. The number of allylic oxidation sites excluding steroid dienone is 1. The molecule has 0 unspecified atom stereocenters. The average Bonchev–Trinajstić information content (AvgIpc) is 2.47. The predicted molar refractivity (Wildman–Crippen MR) is 50.0 cm³/mol. The summed E-state index contributed by atoms with van der Waals surface area (Å²) in [5, 5.41) is 8.07. The van der Waals surface area contributed by atoms with Crippen LogP contribution in [0.5, 0.6) is 0 Å². The van der Waals surface area contributed by atoms with Crippen molar-refractivity contribution in [3.8, 4) is 0 Å². The Morgan fingerprint density at radius 2 is 2.50 bits per heavy atom. The SMILES string of the molecule is CC/C(=C/c1cnn(C)n1)CCl. The lowest BCUT2D eigenvalue weighted by molar-refractivity contribution is 0.652. The summed E-state index contributed by atoms with van der Waals surface area (Å²) < 4.78 is 0. The van der Waals surface area contributed by atoms with Crippen molar-refractivity contribution in [3.05, 3.63) is 17.5 Å². The van der Waals surface area contributed by atoms with E-state index in [4.69, 9.17) is 11.6 Å². The van der Waals surface area contributed by atoms with Crippen LogP contribution in [0.4, 0.5) is 0 Å². The Kier molecular flexibility index (Phi) is 3.29. The summed E-state index contributed by atoms with van der Waals surface area (Å²) in [6, 6.07) is 0. The van der Waals surface area contributed by atoms with Crippen LogP contribution in [-0.2, 0) is 7.05 Å². The fourth-order valence-corrected chi connectivity index (χ4v) is 1.14. The maximum atomic E-state index is 5.70. The van der Waals surface area contributed by atoms with Gasteiger partial charge in [0.05, 0.1) is 6.20 Å². The van der Waals surface area contributed by atoms with Crippen LogP contribution >= 0.6 is 11.6 Å². The summed E-state index contributed by atoms with van der Waals surface area (Å²) in [5.41, 5.74) is 2.05. The van der Waals surface area contributed by atoms with Crippen LogP contribution in [0.3, 0.4) is 0 Å². The van der Waals surface area contributed by atoms with Gasteiger partial charge in [0.25, 0.3) is 0 Å². The Bertz CT molecular complexity index is 272. The van der Waals surface area contributed by atoms with Crippen molar-refractivity contribution < 1.29 is 0 Å². The van der Waals surface area contributed by atoms with Gasteiger partial charge < -0.3 is 0 Å². The largest absolute Gasteiger partial charge is 0.187 e. The lowest BCUT2D eigenvalue weighted by Gasteiger charge is -1.94. The summed E-state index contributed by atoms with van der Waals surface area (Å²) in [5.74, 6) is 0.563. The Morgan fingerprint density at radius 3 is 2.92 bits per heavy atom. The minimum atomic E-state index is 0.563. The molecular weight excluding hydrogens is 174 g/mol. The molecule has 1 rings (SSSR count). The molecule has 0 fully saturated rings. The summed E-state index contributed by atoms with van der Waals surface area (Å²) in [6.07, 6.45) is 4.66. The molecule has 0 amide bonds. The molecule has 0 N–H and O–H groups in total. The monoisotopic (exact) mass is 185 g/mol. The first kappa shape index (κ1) is 9.26. The molecule has 0 saturated heterocycles. The quantitative estimate of drug-likeness (QED) is 0.673. The molecule has 0 atom stereocenters. The lowest BCUT2D eigenvalue weighted by atomic mass is 10.2. The molecule has 0 aliphatic heterocycles. The van der Waals surface area contributed by atoms with Crippen LogP contribution in [0.15, 0.2) is 11.8 Å². The van der Waals surface area contributed by atoms with Crippen LogP contribution in [0, 0.1) is 0 Å². The van der Waals surface area contributed by atoms with E-state index in [2.05, 4.69) is 17.1 Å². The van der Waals surface area contributed by atoms with Gasteiger partial charge >= 0.3 is 0 Å². The van der Waals surface area contributed by atoms with Crippen LogP contribution in [0.25, 0.3) is 6.08 Å². The maximum Gasteiger partial charge on any atom is 0.105 e. The third kappa shape index (κ3) is 2.34. The van der Waals surface area contributed by atoms with Gasteiger partial charge in [-0.2, -0.15) is 15.0 Å². The topological polar surface area (TPSA) is 30.7 Å². The van der Waals surface area contributed by atoms with Crippen molar-refractivity contribution >= 4 is 17.7 Å². The highest BCUT2D eigenvalue weighted by molar-refractivity contribution is 6.19. The molecule has 0 bridgehead atoms. The molecule has 4 heteroatoms. The van der Waals surface area contributed by atoms with Crippen molar-refractivity contribution in [1.82, 2.24) is 15.0 Å². The van der Waals surface area contributed by atoms with E-state index in [1.165, 1.54) is 10.4 Å². The zero-order valence-electron chi connectivity index (χ0n) is 7.29. The highest BCUT2D eigenvalue weighted by Crippen LogP contribution is 2.07. The highest BCUT2D eigenvalue weighted by Gasteiger charge is 1.96. The minimum absolute atomic E-state index is 0.563. The highest BCUT2D eigenvalue weighted by atomic mass is 35.5. The fourth-order valence-electron chi connectivity index (χ4n) is 0.872. The van der Waals surface area contributed by atoms with Crippen molar-refractivity contribution in [2.24, 2.45) is 7.05 Å². The predicted octanol–water partition coefficient (Wildman–Crippen LogP) is 1.85. The van der Waals surface area contributed by atoms with Crippen molar-refractivity contribution in [1.29, 1.82) is 0 Å². The smallest absolute Gasteiger partial charge is 0.105 e. The van der Waals surface area contributed by atoms with Gasteiger partial charge in [0.1, 0.15) is 5.69 Å². The van der Waals surface area contributed by atoms with Crippen LogP contribution < -0.4 is 0 Å². The van der Waals surface area contributed by atoms with Gasteiger partial charge in [-0.3, -0.25) is 0 Å². The molecule has 1 aromatic rings. The van der Waals surface area contributed by atoms with Crippen molar-refractivity contribution in [2.75, 3.05) is 5.88 Å². The van der Waals surface area contributed by atoms with Gasteiger partial charge in [-0.05, 0) is 12.5 Å². The van der Waals surface area contributed by atoms with E-state index in [1.807, 2.05) is 6.08 Å². The standard InChI is InChI=1S/C8H12ClN3/c1-3-7(5-9)4-8-6-10-12(2)11-8/h4,6H,3,5H2,1-2H3/b7-4-. The zero-order chi connectivity index (χ0) is 8.97. The van der Waals surface area contributed by atoms with Gasteiger partial charge in [-0.1, -0.05) is 12.5 Å². The summed E-state index contributed by atoms with van der Waals surface area (Å²) in [4.78, 5) is 1.54. The third-order valence-corrected chi connectivity index (χ3v) is 1.94. The first-order valence-corrected chi connectivity index (χ1v) is 4.41. The van der Waals surface area contributed by atoms with Gasteiger partial charge in [-0.15, -0.1) is 11.6 Å². The number of hydrogen-bond donors (Lipinski definition) is 0. The van der Waals surface area contributed by atoms with E-state index in [1.54, 1.807) is 13.2 Å². The molecule has 0 radical (unpaired) electrons. The van der Waals surface area contributed by atoms with Crippen LogP contribution in [-0.4, -0.2) is 20.9 Å². The minimum Gasteiger partial charge on any atom is -0.187 e. The molecule has 1 aromatic heterocycles. The second-order valence-electron chi connectivity index (χ2n) is 2.55. The molecule has 0 aliphatic rings. The number of hydrogen-bond acceptors (Lipinski definition) is 2. The number of nitrogens with zero attached hydrogens (tertiary/aromatic N) is 3. The molecular formula is C8H12ClN3. The summed E-state index contributed by atoms with van der Waals surface area (Å²) in [7, 11) is 1.80. The molecule has 12 heavy (non-hydrogen) atoms. The van der Waals surface area contributed by atoms with Gasteiger partial charge in [-0.25, -0.2) is 0 Å². The number of rotatable bonds is 3. The van der Waals surface area contributed by atoms with E-state index in [0.717, 1.165) is 12.1 Å². The van der Waals surface area contributed by atoms with Crippen LogP contribution in [0.1, 0.15) is 19.0 Å². The van der Waals surface area contributed by atoms with E-state index >= 15 is 0 Å². The Balaban J connectivity index is 2.78. The Labute approximate surface area is 77.0 Å². The zero-order valence-corrected chi connectivity index (χ0v) is 8.04. The van der Waals surface area contributed by atoms with E-state index in [9.17, 15) is 0 Å². The summed E-state index contributed by atoms with van der Waals surface area (Å²) >= 11 is 5.70. The molecule has 0 aromatic carbocycles. The van der Waals surface area contributed by atoms with Gasteiger partial charge in [0, 0.05) is 12.9 Å². The Morgan fingerprint density at radius 1 is 1.75 bits per heavy atom. The average molecular weight is 186 g/mol. The van der Waals surface area contributed by atoms with Crippen molar-refractivity contribution in [2.45, 2.75) is 13.3 Å². The van der Waals surface area contributed by atoms with E-state index in [0.29, 0.717) is 5.88 Å². The fraction of sp³-hybridized carbons (Fsp3) is 0.500. The summed E-state index contributed by atoms with van der Waals surface area (Å²) in [6.45, 7) is 2.07. The Hall–Kier alpha value is -0.830. The second kappa shape index (κ2) is 4.26.